The lowest BCUT2D eigenvalue weighted by atomic mass is 10.1. The van der Waals surface area contributed by atoms with Crippen LogP contribution in [0.2, 0.25) is 0 Å². The maximum absolute atomic E-state index is 12.7. The van der Waals surface area contributed by atoms with Crippen LogP contribution in [0, 0.1) is 0 Å². The lowest BCUT2D eigenvalue weighted by molar-refractivity contribution is 0.155. The highest BCUT2D eigenvalue weighted by Gasteiger charge is 2.19. The molecule has 0 bridgehead atoms. The molecule has 7 heteroatoms. The molecule has 0 spiro atoms. The van der Waals surface area contributed by atoms with Crippen LogP contribution in [0.1, 0.15) is 5.56 Å². The first-order valence-corrected chi connectivity index (χ1v) is 10.3. The average molecular weight is 437 g/mol. The van der Waals surface area contributed by atoms with Gasteiger partial charge in [0.15, 0.2) is 0 Å². The molecule has 0 saturated heterocycles. The van der Waals surface area contributed by atoms with Crippen LogP contribution in [0.3, 0.4) is 0 Å². The first-order chi connectivity index (χ1) is 16.2. The van der Waals surface area contributed by atoms with Crippen molar-refractivity contribution < 1.29 is 13.9 Å². The van der Waals surface area contributed by atoms with Crippen molar-refractivity contribution in [2.45, 2.75) is 6.61 Å². The van der Waals surface area contributed by atoms with Gasteiger partial charge in [-0.2, -0.15) is 9.78 Å². The lowest BCUT2D eigenvalue weighted by Gasteiger charge is -2.07. The molecule has 0 unspecified atom stereocenters. The van der Waals surface area contributed by atoms with Gasteiger partial charge in [0.05, 0.1) is 11.1 Å². The third-order valence-electron chi connectivity index (χ3n) is 5.07. The number of carbonyl (C=O) groups excluding carboxylic acids is 1. The maximum Gasteiger partial charge on any atom is 0.412 e. The Morgan fingerprint density at radius 3 is 2.24 bits per heavy atom. The summed E-state index contributed by atoms with van der Waals surface area (Å²) in [7, 11) is 0. The van der Waals surface area contributed by atoms with Gasteiger partial charge >= 0.3 is 11.7 Å². The maximum atomic E-state index is 12.7. The minimum Gasteiger partial charge on any atom is -0.444 e. The minimum atomic E-state index is -0.748. The summed E-state index contributed by atoms with van der Waals surface area (Å²) >= 11 is 0. The topological polar surface area (TPSA) is 86.4 Å². The summed E-state index contributed by atoms with van der Waals surface area (Å²) < 4.78 is 12.4. The van der Waals surface area contributed by atoms with Crippen LogP contribution in [-0.2, 0) is 11.3 Å². The van der Waals surface area contributed by atoms with Crippen molar-refractivity contribution in [3.05, 3.63) is 113 Å². The zero-order valence-electron chi connectivity index (χ0n) is 17.5. The zero-order chi connectivity index (χ0) is 22.6. The molecular formula is C26H19N3O4. The summed E-state index contributed by atoms with van der Waals surface area (Å²) in [4.78, 5) is 25.0. The average Bonchev–Trinajstić information content (AvgIpc) is 3.23. The van der Waals surface area contributed by atoms with Crippen molar-refractivity contribution in [1.29, 1.82) is 0 Å². The Labute approximate surface area is 188 Å². The molecule has 1 N–H and O–H groups in total. The van der Waals surface area contributed by atoms with Gasteiger partial charge in [0, 0.05) is 5.56 Å². The molecule has 2 aromatic heterocycles. The van der Waals surface area contributed by atoms with Crippen LogP contribution in [0.25, 0.3) is 28.0 Å². The fourth-order valence-corrected chi connectivity index (χ4v) is 3.50. The van der Waals surface area contributed by atoms with E-state index in [1.54, 1.807) is 10.7 Å². The number of rotatable bonds is 5. The largest absolute Gasteiger partial charge is 0.444 e. The van der Waals surface area contributed by atoms with E-state index in [9.17, 15) is 9.59 Å². The summed E-state index contributed by atoms with van der Waals surface area (Å²) in [5, 5.41) is 7.79. The highest BCUT2D eigenvalue weighted by molar-refractivity contribution is 5.94. The Hall–Kier alpha value is -4.65. The molecular weight excluding hydrogens is 418 g/mol. The van der Waals surface area contributed by atoms with Crippen molar-refractivity contribution in [3.8, 4) is 16.9 Å². The van der Waals surface area contributed by atoms with E-state index in [0.29, 0.717) is 11.1 Å². The Morgan fingerprint density at radius 2 is 1.55 bits per heavy atom. The van der Waals surface area contributed by atoms with Crippen LogP contribution in [0.4, 0.5) is 10.5 Å². The molecule has 2 heterocycles. The second kappa shape index (κ2) is 8.84. The predicted molar refractivity (Wildman–Crippen MR) is 125 cm³/mol. The molecule has 33 heavy (non-hydrogen) atoms. The second-order valence-corrected chi connectivity index (χ2v) is 7.32. The third kappa shape index (κ3) is 4.24. The van der Waals surface area contributed by atoms with Crippen molar-refractivity contribution in [1.82, 2.24) is 9.78 Å². The number of amides is 1. The number of nitrogens with one attached hydrogen (secondary N) is 1. The Bertz CT molecular complexity index is 1460. The van der Waals surface area contributed by atoms with E-state index in [-0.39, 0.29) is 18.0 Å². The molecule has 162 valence electrons. The fraction of sp³-hybridized carbons (Fsp3) is 0.0385. The van der Waals surface area contributed by atoms with Crippen LogP contribution >= 0.6 is 0 Å². The van der Waals surface area contributed by atoms with Gasteiger partial charge in [-0.25, -0.2) is 9.59 Å². The quantitative estimate of drug-likeness (QED) is 0.398. The number of benzene rings is 3. The van der Waals surface area contributed by atoms with Crippen LogP contribution in [-0.4, -0.2) is 15.9 Å². The Kier molecular flexibility index (Phi) is 5.43. The third-order valence-corrected chi connectivity index (χ3v) is 5.07. The number of nitrogens with zero attached hydrogens (tertiary/aromatic N) is 2. The number of para-hydroxylation sites is 1. The van der Waals surface area contributed by atoms with Crippen molar-refractivity contribution in [3.63, 3.8) is 0 Å². The molecule has 7 nitrogen and oxygen atoms in total. The number of aromatic nitrogens is 2. The van der Waals surface area contributed by atoms with E-state index in [1.165, 1.54) is 0 Å². The van der Waals surface area contributed by atoms with E-state index in [2.05, 4.69) is 5.32 Å². The number of hydrogen-bond donors (Lipinski definition) is 1. The standard InChI is InChI=1S/C26H19N3O4/c30-25-22(27-26(31)32-17-18-10-4-1-5-11-18)16-21-23(19-12-6-2-7-13-19)28-29(24(21)33-25)20-14-8-3-9-15-20/h1-16H,17H2,(H,27,31). The molecule has 0 fully saturated rings. The van der Waals surface area contributed by atoms with E-state index in [4.69, 9.17) is 14.3 Å². The first kappa shape index (κ1) is 20.3. The van der Waals surface area contributed by atoms with Crippen molar-refractivity contribution >= 4 is 22.9 Å². The van der Waals surface area contributed by atoms with Crippen LogP contribution in [0.15, 0.2) is 106 Å². The molecule has 0 aliphatic rings. The number of ether oxygens (including phenoxy) is 1. The van der Waals surface area contributed by atoms with Gasteiger partial charge in [-0.05, 0) is 23.8 Å². The second-order valence-electron chi connectivity index (χ2n) is 7.32. The summed E-state index contributed by atoms with van der Waals surface area (Å²) in [6, 6.07) is 29.8. The van der Waals surface area contributed by atoms with Crippen molar-refractivity contribution in [2.24, 2.45) is 0 Å². The van der Waals surface area contributed by atoms with Gasteiger partial charge in [0.2, 0.25) is 5.71 Å². The number of fused-ring (bicyclic) bond motifs is 1. The van der Waals surface area contributed by atoms with Crippen molar-refractivity contribution in [2.75, 3.05) is 5.32 Å². The summed E-state index contributed by atoms with van der Waals surface area (Å²) in [6.45, 7) is 0.0848. The van der Waals surface area contributed by atoms with Gasteiger partial charge < -0.3 is 9.15 Å². The SMILES string of the molecule is O=C(Nc1cc2c(-c3ccccc3)nn(-c3ccccc3)c2oc1=O)OCc1ccccc1. The van der Waals surface area contributed by atoms with Gasteiger partial charge in [-0.1, -0.05) is 78.9 Å². The van der Waals surface area contributed by atoms with E-state index >= 15 is 0 Å². The fourth-order valence-electron chi connectivity index (χ4n) is 3.50. The monoisotopic (exact) mass is 437 g/mol. The van der Waals surface area contributed by atoms with E-state index < -0.39 is 11.7 Å². The molecule has 0 saturated carbocycles. The van der Waals surface area contributed by atoms with Gasteiger partial charge in [0.1, 0.15) is 18.0 Å². The summed E-state index contributed by atoms with van der Waals surface area (Å²) in [6.07, 6.45) is -0.748. The Balaban J connectivity index is 1.53. The van der Waals surface area contributed by atoms with Gasteiger partial charge in [0.25, 0.3) is 0 Å². The molecule has 3 aromatic carbocycles. The van der Waals surface area contributed by atoms with Crippen LogP contribution < -0.4 is 10.9 Å². The van der Waals surface area contributed by atoms with Gasteiger partial charge in [-0.15, -0.1) is 0 Å². The molecule has 0 aliphatic carbocycles. The molecule has 5 aromatic rings. The smallest absolute Gasteiger partial charge is 0.412 e. The minimum absolute atomic E-state index is 0.0228. The zero-order valence-corrected chi connectivity index (χ0v) is 17.5. The highest BCUT2D eigenvalue weighted by atomic mass is 16.5. The highest BCUT2D eigenvalue weighted by Crippen LogP contribution is 2.30. The normalized spacial score (nSPS) is 10.8. The predicted octanol–water partition coefficient (Wildman–Crippen LogP) is 5.39. The number of hydrogen-bond acceptors (Lipinski definition) is 5. The number of anilines is 1. The molecule has 0 aliphatic heterocycles. The lowest BCUT2D eigenvalue weighted by Crippen LogP contribution is -2.18. The summed E-state index contributed by atoms with van der Waals surface area (Å²) in [5.41, 5.74) is 2.62. The molecule has 0 radical (unpaired) electrons. The molecule has 1 amide bonds. The number of carbonyl (C=O) groups is 1. The molecule has 5 rings (SSSR count). The molecule has 0 atom stereocenters. The van der Waals surface area contributed by atoms with E-state index in [0.717, 1.165) is 16.8 Å². The summed E-state index contributed by atoms with van der Waals surface area (Å²) in [5.74, 6) is 0. The first-order valence-electron chi connectivity index (χ1n) is 10.3. The van der Waals surface area contributed by atoms with Crippen LogP contribution in [0.5, 0.6) is 0 Å². The van der Waals surface area contributed by atoms with Gasteiger partial charge in [-0.3, -0.25) is 5.32 Å². The van der Waals surface area contributed by atoms with E-state index in [1.807, 2.05) is 91.0 Å². The Morgan fingerprint density at radius 1 is 0.909 bits per heavy atom.